The quantitative estimate of drug-likeness (QED) is 0.882. The molecule has 0 saturated carbocycles. The topological polar surface area (TPSA) is 12.0 Å². The van der Waals surface area contributed by atoms with Gasteiger partial charge in [0.1, 0.15) is 0 Å². The first-order valence-electron chi connectivity index (χ1n) is 6.30. The van der Waals surface area contributed by atoms with Crippen LogP contribution in [0.15, 0.2) is 24.3 Å². The van der Waals surface area contributed by atoms with Crippen LogP contribution in [-0.4, -0.2) is 18.6 Å². The number of rotatable bonds is 4. The van der Waals surface area contributed by atoms with Gasteiger partial charge in [-0.25, -0.2) is 0 Å². The molecule has 0 amide bonds. The highest BCUT2D eigenvalue weighted by molar-refractivity contribution is 7.99. The molecule has 0 bridgehead atoms. The van der Waals surface area contributed by atoms with E-state index in [-0.39, 0.29) is 0 Å². The zero-order chi connectivity index (χ0) is 12.1. The van der Waals surface area contributed by atoms with E-state index < -0.39 is 0 Å². The van der Waals surface area contributed by atoms with Crippen molar-refractivity contribution in [2.45, 2.75) is 25.3 Å². The number of hydrogen-bond acceptors (Lipinski definition) is 2. The molecule has 1 aliphatic rings. The fourth-order valence-electron chi connectivity index (χ4n) is 2.47. The zero-order valence-electron chi connectivity index (χ0n) is 10.3. The molecule has 0 aromatic heterocycles. The Morgan fingerprint density at radius 2 is 2.06 bits per heavy atom. The summed E-state index contributed by atoms with van der Waals surface area (Å²) in [6.45, 7) is 0. The van der Waals surface area contributed by atoms with Gasteiger partial charge in [0, 0.05) is 11.1 Å². The number of benzene rings is 1. The molecular formula is C14H20ClNS. The van der Waals surface area contributed by atoms with Crippen LogP contribution in [0.25, 0.3) is 0 Å². The summed E-state index contributed by atoms with van der Waals surface area (Å²) in [4.78, 5) is 0. The Bertz CT molecular complexity index is 350. The summed E-state index contributed by atoms with van der Waals surface area (Å²) in [6.07, 6.45) is 3.92. The van der Waals surface area contributed by atoms with E-state index in [0.29, 0.717) is 6.04 Å². The molecule has 0 radical (unpaired) electrons. The number of thioether (sulfide) groups is 1. The smallest absolute Gasteiger partial charge is 0.0453 e. The molecule has 1 aromatic rings. The molecule has 1 aromatic carbocycles. The van der Waals surface area contributed by atoms with Crippen LogP contribution in [-0.2, 0) is 0 Å². The van der Waals surface area contributed by atoms with Crippen LogP contribution in [0.1, 0.15) is 30.9 Å². The molecule has 3 heteroatoms. The third-order valence-electron chi connectivity index (χ3n) is 3.54. The number of hydrogen-bond donors (Lipinski definition) is 1. The summed E-state index contributed by atoms with van der Waals surface area (Å²) in [5, 5.41) is 4.30. The van der Waals surface area contributed by atoms with E-state index in [1.807, 2.05) is 19.2 Å². The van der Waals surface area contributed by atoms with Crippen LogP contribution in [0.4, 0.5) is 0 Å². The molecule has 1 saturated heterocycles. The summed E-state index contributed by atoms with van der Waals surface area (Å²) in [7, 11) is 2.03. The first-order valence-corrected chi connectivity index (χ1v) is 7.84. The van der Waals surface area contributed by atoms with Crippen molar-refractivity contribution in [2.75, 3.05) is 18.6 Å². The normalized spacial score (nSPS) is 19.2. The standard InChI is InChI=1S/C14H20ClNS/c1-16-14(10-11-6-8-17-9-7-11)12-4-2-3-5-13(12)15/h2-5,11,14,16H,6-10H2,1H3. The predicted octanol–water partition coefficient (Wildman–Crippen LogP) is 4.13. The average Bonchev–Trinajstić information content (AvgIpc) is 2.38. The van der Waals surface area contributed by atoms with Crippen molar-refractivity contribution in [2.24, 2.45) is 5.92 Å². The van der Waals surface area contributed by atoms with Gasteiger partial charge in [-0.1, -0.05) is 29.8 Å². The summed E-state index contributed by atoms with van der Waals surface area (Å²) in [5.74, 6) is 3.50. The maximum atomic E-state index is 6.27. The minimum atomic E-state index is 0.400. The highest BCUT2D eigenvalue weighted by atomic mass is 35.5. The van der Waals surface area contributed by atoms with E-state index >= 15 is 0 Å². The van der Waals surface area contributed by atoms with Crippen LogP contribution >= 0.6 is 23.4 Å². The lowest BCUT2D eigenvalue weighted by atomic mass is 9.91. The summed E-state index contributed by atoms with van der Waals surface area (Å²) in [6, 6.07) is 8.59. The maximum absolute atomic E-state index is 6.27. The van der Waals surface area contributed by atoms with Gasteiger partial charge in [-0.15, -0.1) is 0 Å². The monoisotopic (exact) mass is 269 g/mol. The van der Waals surface area contributed by atoms with Crippen molar-refractivity contribution >= 4 is 23.4 Å². The van der Waals surface area contributed by atoms with E-state index in [2.05, 4.69) is 29.2 Å². The Kier molecular flexibility index (Phi) is 5.20. The second kappa shape index (κ2) is 6.67. The fourth-order valence-corrected chi connectivity index (χ4v) is 3.95. The van der Waals surface area contributed by atoms with Crippen molar-refractivity contribution in [1.29, 1.82) is 0 Å². The Labute approximate surface area is 113 Å². The molecule has 17 heavy (non-hydrogen) atoms. The van der Waals surface area contributed by atoms with Crippen molar-refractivity contribution < 1.29 is 0 Å². The molecule has 94 valence electrons. The van der Waals surface area contributed by atoms with Crippen molar-refractivity contribution in [3.05, 3.63) is 34.9 Å². The third-order valence-corrected chi connectivity index (χ3v) is 4.93. The molecule has 1 heterocycles. The molecular weight excluding hydrogens is 250 g/mol. The number of nitrogens with one attached hydrogen (secondary N) is 1. The van der Waals surface area contributed by atoms with E-state index in [1.54, 1.807) is 0 Å². The summed E-state index contributed by atoms with van der Waals surface area (Å²) >= 11 is 8.36. The van der Waals surface area contributed by atoms with Crippen molar-refractivity contribution in [3.63, 3.8) is 0 Å². The predicted molar refractivity (Wildman–Crippen MR) is 77.9 cm³/mol. The first-order chi connectivity index (χ1) is 8.31. The minimum Gasteiger partial charge on any atom is -0.313 e. The molecule has 1 aliphatic heterocycles. The molecule has 1 unspecified atom stereocenters. The zero-order valence-corrected chi connectivity index (χ0v) is 11.9. The highest BCUT2D eigenvalue weighted by Gasteiger charge is 2.20. The number of halogens is 1. The lowest BCUT2D eigenvalue weighted by Gasteiger charge is -2.26. The van der Waals surface area contributed by atoms with Gasteiger partial charge in [-0.3, -0.25) is 0 Å². The second-order valence-electron chi connectivity index (χ2n) is 4.65. The van der Waals surface area contributed by atoms with Crippen molar-refractivity contribution in [3.8, 4) is 0 Å². The maximum Gasteiger partial charge on any atom is 0.0453 e. The molecule has 1 atom stereocenters. The Morgan fingerprint density at radius 3 is 2.71 bits per heavy atom. The Hall–Kier alpha value is -0.180. The molecule has 0 aliphatic carbocycles. The van der Waals surface area contributed by atoms with Crippen LogP contribution in [0.2, 0.25) is 5.02 Å². The van der Waals surface area contributed by atoms with Gasteiger partial charge < -0.3 is 5.32 Å². The molecule has 1 N–H and O–H groups in total. The largest absolute Gasteiger partial charge is 0.313 e. The van der Waals surface area contributed by atoms with Gasteiger partial charge in [-0.2, -0.15) is 11.8 Å². The highest BCUT2D eigenvalue weighted by Crippen LogP contribution is 2.33. The van der Waals surface area contributed by atoms with Crippen LogP contribution < -0.4 is 5.32 Å². The van der Waals surface area contributed by atoms with Gasteiger partial charge in [0.05, 0.1) is 0 Å². The Balaban J connectivity index is 2.03. The van der Waals surface area contributed by atoms with Crippen LogP contribution in [0.3, 0.4) is 0 Å². The molecule has 0 spiro atoms. The van der Waals surface area contributed by atoms with Crippen LogP contribution in [0, 0.1) is 5.92 Å². The van der Waals surface area contributed by atoms with Gasteiger partial charge in [0.2, 0.25) is 0 Å². The van der Waals surface area contributed by atoms with E-state index in [0.717, 1.165) is 10.9 Å². The summed E-state index contributed by atoms with van der Waals surface area (Å²) in [5.41, 5.74) is 1.25. The third kappa shape index (κ3) is 3.64. The van der Waals surface area contributed by atoms with E-state index in [9.17, 15) is 0 Å². The second-order valence-corrected chi connectivity index (χ2v) is 6.29. The van der Waals surface area contributed by atoms with Gasteiger partial charge in [0.25, 0.3) is 0 Å². The van der Waals surface area contributed by atoms with Crippen LogP contribution in [0.5, 0.6) is 0 Å². The van der Waals surface area contributed by atoms with Gasteiger partial charge in [0.15, 0.2) is 0 Å². The lowest BCUT2D eigenvalue weighted by molar-refractivity contribution is 0.384. The fraction of sp³-hybridized carbons (Fsp3) is 0.571. The Morgan fingerprint density at radius 1 is 1.35 bits per heavy atom. The minimum absolute atomic E-state index is 0.400. The molecule has 1 fully saturated rings. The van der Waals surface area contributed by atoms with E-state index in [1.165, 1.54) is 36.3 Å². The SMILES string of the molecule is CNC(CC1CCSCC1)c1ccccc1Cl. The average molecular weight is 270 g/mol. The first kappa shape index (κ1) is 13.3. The molecule has 1 nitrogen and oxygen atoms in total. The van der Waals surface area contributed by atoms with Gasteiger partial charge in [-0.05, 0) is 55.4 Å². The van der Waals surface area contributed by atoms with E-state index in [4.69, 9.17) is 11.6 Å². The lowest BCUT2D eigenvalue weighted by Crippen LogP contribution is -2.22. The summed E-state index contributed by atoms with van der Waals surface area (Å²) < 4.78 is 0. The van der Waals surface area contributed by atoms with Gasteiger partial charge >= 0.3 is 0 Å². The van der Waals surface area contributed by atoms with Crippen molar-refractivity contribution in [1.82, 2.24) is 5.32 Å². The molecule has 2 rings (SSSR count).